The fourth-order valence-corrected chi connectivity index (χ4v) is 3.84. The van der Waals surface area contributed by atoms with Gasteiger partial charge in [-0.1, -0.05) is 17.7 Å². The molecule has 0 unspecified atom stereocenters. The standard InChI is InChI=1S/C22H28ClN5O3/c1-22(2,3)31-21(29)28-7-6-15-12-17(5-4-16(15)14-28)24-20-25-18(23)13-19(26-20)27-8-10-30-11-9-27/h4-5,12-13H,6-11,14H2,1-3H3,(H,24,25,26). The molecule has 1 N–H and O–H groups in total. The van der Waals surface area contributed by atoms with E-state index in [1.54, 1.807) is 11.0 Å². The molecule has 0 radical (unpaired) electrons. The predicted octanol–water partition coefficient (Wildman–Crippen LogP) is 4.00. The van der Waals surface area contributed by atoms with Gasteiger partial charge >= 0.3 is 6.09 Å². The summed E-state index contributed by atoms with van der Waals surface area (Å²) in [6.07, 6.45) is 0.489. The van der Waals surface area contributed by atoms with Gasteiger partial charge < -0.3 is 24.6 Å². The van der Waals surface area contributed by atoms with Crippen LogP contribution < -0.4 is 10.2 Å². The Hall–Kier alpha value is -2.58. The number of hydrogen-bond donors (Lipinski definition) is 1. The van der Waals surface area contributed by atoms with Crippen molar-refractivity contribution in [2.75, 3.05) is 43.1 Å². The van der Waals surface area contributed by atoms with E-state index in [4.69, 9.17) is 21.1 Å². The third-order valence-corrected chi connectivity index (χ3v) is 5.34. The second-order valence-corrected chi connectivity index (χ2v) is 9.12. The maximum atomic E-state index is 12.4. The highest BCUT2D eigenvalue weighted by molar-refractivity contribution is 6.29. The number of morpholine rings is 1. The van der Waals surface area contributed by atoms with E-state index in [1.165, 1.54) is 5.56 Å². The summed E-state index contributed by atoms with van der Waals surface area (Å²) in [4.78, 5) is 25.2. The van der Waals surface area contributed by atoms with Crippen molar-refractivity contribution in [1.29, 1.82) is 0 Å². The van der Waals surface area contributed by atoms with Crippen LogP contribution in [0.3, 0.4) is 0 Å². The zero-order valence-corrected chi connectivity index (χ0v) is 18.9. The lowest BCUT2D eigenvalue weighted by atomic mass is 9.99. The Morgan fingerprint density at radius 2 is 1.90 bits per heavy atom. The van der Waals surface area contributed by atoms with Crippen molar-refractivity contribution in [2.45, 2.75) is 39.3 Å². The molecule has 0 aliphatic carbocycles. The van der Waals surface area contributed by atoms with E-state index in [0.29, 0.717) is 37.4 Å². The number of nitrogens with zero attached hydrogens (tertiary/aromatic N) is 4. The van der Waals surface area contributed by atoms with Gasteiger partial charge in [-0.25, -0.2) is 9.78 Å². The average Bonchev–Trinajstić information content (AvgIpc) is 2.72. The number of fused-ring (bicyclic) bond motifs is 1. The Labute approximate surface area is 187 Å². The van der Waals surface area contributed by atoms with Crippen molar-refractivity contribution in [3.63, 3.8) is 0 Å². The van der Waals surface area contributed by atoms with Gasteiger partial charge in [-0.2, -0.15) is 4.98 Å². The summed E-state index contributed by atoms with van der Waals surface area (Å²) in [5.41, 5.74) is 2.70. The van der Waals surface area contributed by atoms with Crippen LogP contribution in [-0.4, -0.2) is 59.4 Å². The van der Waals surface area contributed by atoms with E-state index < -0.39 is 5.60 Å². The number of carbonyl (C=O) groups excluding carboxylic acids is 1. The first-order valence-corrected chi connectivity index (χ1v) is 10.9. The normalized spacial score (nSPS) is 16.6. The number of halogens is 1. The van der Waals surface area contributed by atoms with Crippen LogP contribution in [-0.2, 0) is 22.4 Å². The monoisotopic (exact) mass is 445 g/mol. The number of carbonyl (C=O) groups is 1. The van der Waals surface area contributed by atoms with Gasteiger partial charge in [-0.15, -0.1) is 0 Å². The Bertz CT molecular complexity index is 957. The van der Waals surface area contributed by atoms with Crippen LogP contribution in [0.2, 0.25) is 5.15 Å². The molecule has 3 heterocycles. The van der Waals surface area contributed by atoms with Gasteiger partial charge in [-0.3, -0.25) is 0 Å². The summed E-state index contributed by atoms with van der Waals surface area (Å²) < 4.78 is 10.9. The van der Waals surface area contributed by atoms with Crippen molar-refractivity contribution < 1.29 is 14.3 Å². The number of anilines is 3. The zero-order chi connectivity index (χ0) is 22.0. The van der Waals surface area contributed by atoms with Gasteiger partial charge in [0.1, 0.15) is 16.6 Å². The molecule has 1 aromatic heterocycles. The van der Waals surface area contributed by atoms with Gasteiger partial charge in [-0.05, 0) is 50.5 Å². The summed E-state index contributed by atoms with van der Waals surface area (Å²) in [6.45, 7) is 9.71. The average molecular weight is 446 g/mol. The fraction of sp³-hybridized carbons (Fsp3) is 0.500. The number of nitrogens with one attached hydrogen (secondary N) is 1. The minimum Gasteiger partial charge on any atom is -0.444 e. The molecule has 2 aliphatic heterocycles. The summed E-state index contributed by atoms with van der Waals surface area (Å²) in [6, 6.07) is 7.86. The van der Waals surface area contributed by atoms with Gasteiger partial charge in [0, 0.05) is 37.9 Å². The minimum absolute atomic E-state index is 0.275. The predicted molar refractivity (Wildman–Crippen MR) is 120 cm³/mol. The number of hydrogen-bond acceptors (Lipinski definition) is 7. The summed E-state index contributed by atoms with van der Waals surface area (Å²) in [5.74, 6) is 1.25. The molecule has 4 rings (SSSR count). The molecule has 0 bridgehead atoms. The number of ether oxygens (including phenoxy) is 2. The summed E-state index contributed by atoms with van der Waals surface area (Å²) in [5, 5.41) is 3.66. The van der Waals surface area contributed by atoms with Crippen molar-refractivity contribution in [1.82, 2.24) is 14.9 Å². The first-order valence-electron chi connectivity index (χ1n) is 10.5. The van der Waals surface area contributed by atoms with E-state index >= 15 is 0 Å². The molecular weight excluding hydrogens is 418 g/mol. The molecule has 1 amide bonds. The number of benzene rings is 1. The SMILES string of the molecule is CC(C)(C)OC(=O)N1CCc2cc(Nc3nc(Cl)cc(N4CCOCC4)n3)ccc2C1. The minimum atomic E-state index is -0.498. The molecule has 1 aromatic carbocycles. The van der Waals surface area contributed by atoms with E-state index in [2.05, 4.69) is 26.3 Å². The molecule has 9 heteroatoms. The Balaban J connectivity index is 1.46. The Morgan fingerprint density at radius 1 is 1.13 bits per heavy atom. The molecule has 166 valence electrons. The zero-order valence-electron chi connectivity index (χ0n) is 18.2. The number of amides is 1. The Kier molecular flexibility index (Phi) is 6.20. The molecule has 0 atom stereocenters. The molecule has 1 saturated heterocycles. The molecule has 0 spiro atoms. The van der Waals surface area contributed by atoms with Crippen LogP contribution in [0.15, 0.2) is 24.3 Å². The fourth-order valence-electron chi connectivity index (χ4n) is 3.66. The lowest BCUT2D eigenvalue weighted by Gasteiger charge is -2.31. The smallest absolute Gasteiger partial charge is 0.410 e. The van der Waals surface area contributed by atoms with Crippen LogP contribution in [0, 0.1) is 0 Å². The molecule has 2 aliphatic rings. The van der Waals surface area contributed by atoms with Crippen LogP contribution in [0.25, 0.3) is 0 Å². The highest BCUT2D eigenvalue weighted by atomic mass is 35.5. The largest absolute Gasteiger partial charge is 0.444 e. The van der Waals surface area contributed by atoms with Gasteiger partial charge in [0.15, 0.2) is 0 Å². The van der Waals surface area contributed by atoms with E-state index in [1.807, 2.05) is 32.9 Å². The third-order valence-electron chi connectivity index (χ3n) is 5.14. The highest BCUT2D eigenvalue weighted by Gasteiger charge is 2.26. The van der Waals surface area contributed by atoms with Crippen molar-refractivity contribution in [3.05, 3.63) is 40.5 Å². The lowest BCUT2D eigenvalue weighted by molar-refractivity contribution is 0.0224. The first-order chi connectivity index (χ1) is 14.8. The van der Waals surface area contributed by atoms with Crippen LogP contribution in [0.4, 0.5) is 22.2 Å². The van der Waals surface area contributed by atoms with Crippen molar-refractivity contribution in [2.24, 2.45) is 0 Å². The maximum Gasteiger partial charge on any atom is 0.410 e. The Morgan fingerprint density at radius 3 is 2.65 bits per heavy atom. The van der Waals surface area contributed by atoms with Crippen LogP contribution >= 0.6 is 11.6 Å². The molecule has 0 saturated carbocycles. The summed E-state index contributed by atoms with van der Waals surface area (Å²) in [7, 11) is 0. The molecule has 8 nitrogen and oxygen atoms in total. The first kappa shape index (κ1) is 21.6. The van der Waals surface area contributed by atoms with Crippen LogP contribution in [0.5, 0.6) is 0 Å². The van der Waals surface area contributed by atoms with E-state index in [-0.39, 0.29) is 6.09 Å². The second kappa shape index (κ2) is 8.88. The molecule has 31 heavy (non-hydrogen) atoms. The molecule has 1 fully saturated rings. The summed E-state index contributed by atoms with van der Waals surface area (Å²) >= 11 is 6.24. The molecule has 2 aromatic rings. The lowest BCUT2D eigenvalue weighted by Crippen LogP contribution is -2.39. The second-order valence-electron chi connectivity index (χ2n) is 8.73. The third kappa shape index (κ3) is 5.57. The van der Waals surface area contributed by atoms with Crippen molar-refractivity contribution >= 4 is 35.1 Å². The maximum absolute atomic E-state index is 12.4. The molecular formula is C22H28ClN5O3. The van der Waals surface area contributed by atoms with Gasteiger partial charge in [0.25, 0.3) is 0 Å². The topological polar surface area (TPSA) is 79.8 Å². The number of rotatable bonds is 3. The van der Waals surface area contributed by atoms with Gasteiger partial charge in [0.2, 0.25) is 5.95 Å². The quantitative estimate of drug-likeness (QED) is 0.715. The van der Waals surface area contributed by atoms with Crippen molar-refractivity contribution in [3.8, 4) is 0 Å². The number of aromatic nitrogens is 2. The van der Waals surface area contributed by atoms with Crippen LogP contribution in [0.1, 0.15) is 31.9 Å². The van der Waals surface area contributed by atoms with Gasteiger partial charge in [0.05, 0.1) is 13.2 Å². The van der Waals surface area contributed by atoms with E-state index in [0.717, 1.165) is 36.6 Å². The highest BCUT2D eigenvalue weighted by Crippen LogP contribution is 2.26. The van der Waals surface area contributed by atoms with E-state index in [9.17, 15) is 4.79 Å².